The second kappa shape index (κ2) is 6.84. The molecule has 0 aromatic heterocycles. The highest BCUT2D eigenvalue weighted by Gasteiger charge is 2.28. The lowest BCUT2D eigenvalue weighted by atomic mass is 10.2. The van der Waals surface area contributed by atoms with E-state index in [4.69, 9.17) is 10.2 Å². The van der Waals surface area contributed by atoms with Crippen LogP contribution in [0, 0.1) is 0 Å². The normalized spacial score (nSPS) is 25.6. The lowest BCUT2D eigenvalue weighted by Crippen LogP contribution is -2.52. The van der Waals surface area contributed by atoms with Gasteiger partial charge in [-0.2, -0.15) is 11.8 Å². The molecule has 0 saturated carbocycles. The second-order valence-electron chi connectivity index (χ2n) is 4.51. The molecule has 1 fully saturated rings. The minimum atomic E-state index is -1.12. The molecule has 104 valence electrons. The highest BCUT2D eigenvalue weighted by Crippen LogP contribution is 2.24. The van der Waals surface area contributed by atoms with Crippen molar-refractivity contribution in [2.75, 3.05) is 19.7 Å². The molecule has 3 N–H and O–H groups in total. The largest absolute Gasteiger partial charge is 0.480 e. The maximum absolute atomic E-state index is 11.9. The molecular weight excluding hydrogens is 256 g/mol. The van der Waals surface area contributed by atoms with Crippen LogP contribution in [0.3, 0.4) is 0 Å². The van der Waals surface area contributed by atoms with E-state index in [0.29, 0.717) is 23.6 Å². The molecule has 0 aromatic rings. The van der Waals surface area contributed by atoms with Crippen molar-refractivity contribution in [3.63, 3.8) is 0 Å². The molecule has 6 nitrogen and oxygen atoms in total. The van der Waals surface area contributed by atoms with Crippen LogP contribution in [0.4, 0.5) is 4.79 Å². The van der Waals surface area contributed by atoms with Crippen molar-refractivity contribution in [2.45, 2.75) is 36.8 Å². The van der Waals surface area contributed by atoms with Crippen LogP contribution < -0.4 is 5.32 Å². The van der Waals surface area contributed by atoms with Crippen LogP contribution in [0.1, 0.15) is 20.3 Å². The molecule has 7 heteroatoms. The summed E-state index contributed by atoms with van der Waals surface area (Å²) in [4.78, 5) is 24.5. The van der Waals surface area contributed by atoms with Gasteiger partial charge >= 0.3 is 12.0 Å². The van der Waals surface area contributed by atoms with Gasteiger partial charge in [-0.3, -0.25) is 0 Å². The van der Waals surface area contributed by atoms with Gasteiger partial charge in [0.1, 0.15) is 6.04 Å². The Balaban J connectivity index is 2.55. The zero-order valence-electron chi connectivity index (χ0n) is 10.6. The summed E-state index contributed by atoms with van der Waals surface area (Å²) in [7, 11) is 0. The molecule has 1 rings (SSSR count). The summed E-state index contributed by atoms with van der Waals surface area (Å²) in [5.74, 6) is -1.12. The number of amides is 2. The number of nitrogens with one attached hydrogen (secondary N) is 1. The van der Waals surface area contributed by atoms with Crippen molar-refractivity contribution in [2.24, 2.45) is 0 Å². The zero-order valence-corrected chi connectivity index (χ0v) is 11.4. The fourth-order valence-corrected chi connectivity index (χ4v) is 3.30. The van der Waals surface area contributed by atoms with E-state index in [2.05, 4.69) is 5.32 Å². The van der Waals surface area contributed by atoms with Crippen LogP contribution in [-0.4, -0.2) is 63.4 Å². The van der Waals surface area contributed by atoms with Gasteiger partial charge in [-0.05, 0) is 0 Å². The fraction of sp³-hybridized carbons (Fsp3) is 0.818. The smallest absolute Gasteiger partial charge is 0.326 e. The molecule has 1 aliphatic rings. The maximum Gasteiger partial charge on any atom is 0.326 e. The molecule has 2 unspecified atom stereocenters. The van der Waals surface area contributed by atoms with Gasteiger partial charge in [0, 0.05) is 36.6 Å². The van der Waals surface area contributed by atoms with Crippen LogP contribution in [0.5, 0.6) is 0 Å². The first-order valence-electron chi connectivity index (χ1n) is 5.98. The molecule has 0 aliphatic carbocycles. The minimum Gasteiger partial charge on any atom is -0.480 e. The van der Waals surface area contributed by atoms with Gasteiger partial charge in [-0.15, -0.1) is 0 Å². The number of aliphatic hydroxyl groups is 1. The standard InChI is InChI=1S/C11H20N2O4S/c1-7-5-13(6-8(2)18-7)11(17)12-9(3-4-14)10(15)16/h7-9,14H,3-6H2,1-2H3,(H,12,17)(H,15,16)/t7?,8?,9-/m1/s1. The lowest BCUT2D eigenvalue weighted by molar-refractivity contribution is -0.139. The van der Waals surface area contributed by atoms with Crippen LogP contribution in [-0.2, 0) is 4.79 Å². The summed E-state index contributed by atoms with van der Waals surface area (Å²) in [6, 6.07) is -1.39. The van der Waals surface area contributed by atoms with Gasteiger partial charge in [0.15, 0.2) is 0 Å². The number of nitrogens with zero attached hydrogens (tertiary/aromatic N) is 1. The number of carboxylic acids is 1. The van der Waals surface area contributed by atoms with Gasteiger partial charge in [0.25, 0.3) is 0 Å². The van der Waals surface area contributed by atoms with Crippen molar-refractivity contribution in [1.82, 2.24) is 10.2 Å². The molecule has 0 bridgehead atoms. The van der Waals surface area contributed by atoms with Crippen molar-refractivity contribution in [3.05, 3.63) is 0 Å². The molecule has 0 aromatic carbocycles. The van der Waals surface area contributed by atoms with E-state index in [1.165, 1.54) is 0 Å². The van der Waals surface area contributed by atoms with Crippen molar-refractivity contribution in [1.29, 1.82) is 0 Å². The Hall–Kier alpha value is -0.950. The Kier molecular flexibility index (Phi) is 5.74. The van der Waals surface area contributed by atoms with E-state index in [1.54, 1.807) is 4.90 Å². The van der Waals surface area contributed by atoms with Crippen molar-refractivity contribution in [3.8, 4) is 0 Å². The lowest BCUT2D eigenvalue weighted by Gasteiger charge is -2.35. The van der Waals surface area contributed by atoms with E-state index in [-0.39, 0.29) is 19.1 Å². The molecule has 0 radical (unpaired) electrons. The van der Waals surface area contributed by atoms with Crippen molar-refractivity contribution >= 4 is 23.8 Å². The Morgan fingerprint density at radius 3 is 2.39 bits per heavy atom. The van der Waals surface area contributed by atoms with Gasteiger partial charge < -0.3 is 20.4 Å². The Morgan fingerprint density at radius 1 is 1.39 bits per heavy atom. The number of urea groups is 1. The van der Waals surface area contributed by atoms with Gasteiger partial charge in [0.2, 0.25) is 0 Å². The number of thioether (sulfide) groups is 1. The highest BCUT2D eigenvalue weighted by molar-refractivity contribution is 8.00. The first-order chi connectivity index (χ1) is 8.43. The summed E-state index contributed by atoms with van der Waals surface area (Å²) in [5.41, 5.74) is 0. The summed E-state index contributed by atoms with van der Waals surface area (Å²) in [6.07, 6.45) is 0.0226. The molecule has 1 aliphatic heterocycles. The van der Waals surface area contributed by atoms with E-state index in [1.807, 2.05) is 25.6 Å². The quantitative estimate of drug-likeness (QED) is 0.689. The topological polar surface area (TPSA) is 89.9 Å². The number of carbonyl (C=O) groups is 2. The molecule has 3 atom stereocenters. The fourth-order valence-electron chi connectivity index (χ4n) is 1.97. The summed E-state index contributed by atoms with van der Waals surface area (Å²) >= 11 is 1.82. The number of aliphatic carboxylic acids is 1. The average Bonchev–Trinajstić information content (AvgIpc) is 2.26. The van der Waals surface area contributed by atoms with Gasteiger partial charge in [-0.25, -0.2) is 9.59 Å². The Bertz CT molecular complexity index is 303. The number of hydrogen-bond acceptors (Lipinski definition) is 4. The number of hydrogen-bond donors (Lipinski definition) is 3. The molecule has 2 amide bonds. The minimum absolute atomic E-state index is 0.0226. The van der Waals surface area contributed by atoms with Crippen LogP contribution in [0.25, 0.3) is 0 Å². The first-order valence-corrected chi connectivity index (χ1v) is 6.93. The number of carbonyl (C=O) groups excluding carboxylic acids is 1. The third-order valence-corrected chi connectivity index (χ3v) is 3.95. The van der Waals surface area contributed by atoms with Crippen LogP contribution in [0.15, 0.2) is 0 Å². The van der Waals surface area contributed by atoms with Crippen molar-refractivity contribution < 1.29 is 19.8 Å². The zero-order chi connectivity index (χ0) is 13.7. The number of aliphatic hydroxyl groups excluding tert-OH is 1. The average molecular weight is 276 g/mol. The van der Waals surface area contributed by atoms with Crippen LogP contribution in [0.2, 0.25) is 0 Å². The highest BCUT2D eigenvalue weighted by atomic mass is 32.2. The van der Waals surface area contributed by atoms with Gasteiger partial charge in [-0.1, -0.05) is 13.8 Å². The molecule has 1 heterocycles. The molecule has 0 spiro atoms. The maximum atomic E-state index is 11.9. The van der Waals surface area contributed by atoms with E-state index >= 15 is 0 Å². The number of carboxylic acid groups (broad SMARTS) is 1. The molecule has 18 heavy (non-hydrogen) atoms. The van der Waals surface area contributed by atoms with Crippen LogP contribution >= 0.6 is 11.8 Å². The van der Waals surface area contributed by atoms with E-state index in [0.717, 1.165) is 0 Å². The second-order valence-corrected chi connectivity index (χ2v) is 6.40. The van der Waals surface area contributed by atoms with E-state index < -0.39 is 12.0 Å². The van der Waals surface area contributed by atoms with Gasteiger partial charge in [0.05, 0.1) is 0 Å². The summed E-state index contributed by atoms with van der Waals surface area (Å²) < 4.78 is 0. The Labute approximate surface area is 111 Å². The monoisotopic (exact) mass is 276 g/mol. The third kappa shape index (κ3) is 4.38. The van der Waals surface area contributed by atoms with E-state index in [9.17, 15) is 9.59 Å². The summed E-state index contributed by atoms with van der Waals surface area (Å²) in [5, 5.41) is 20.8. The molecular formula is C11H20N2O4S. The summed E-state index contributed by atoms with van der Waals surface area (Å²) in [6.45, 7) is 5.06. The third-order valence-electron chi connectivity index (χ3n) is 2.72. The first kappa shape index (κ1) is 15.1. The SMILES string of the molecule is CC1CN(C(=O)N[C@H](CCO)C(=O)O)CC(C)S1. The predicted octanol–water partition coefficient (Wildman–Crippen LogP) is 0.357. The predicted molar refractivity (Wildman–Crippen MR) is 69.7 cm³/mol. The molecule has 1 saturated heterocycles. The number of rotatable bonds is 4. The Morgan fingerprint density at radius 2 is 1.94 bits per heavy atom.